The van der Waals surface area contributed by atoms with Gasteiger partial charge in [0.25, 0.3) is 0 Å². The van der Waals surface area contributed by atoms with Gasteiger partial charge in [-0.1, -0.05) is 37.3 Å². The van der Waals surface area contributed by atoms with Crippen molar-refractivity contribution in [2.75, 3.05) is 13.1 Å². The zero-order chi connectivity index (χ0) is 9.97. The van der Waals surface area contributed by atoms with Gasteiger partial charge in [-0.15, -0.1) is 0 Å². The molecule has 0 saturated carbocycles. The van der Waals surface area contributed by atoms with Crippen LogP contribution >= 0.6 is 0 Å². The zero-order valence-corrected chi connectivity index (χ0v) is 9.11. The number of hydrogen-bond donors (Lipinski definition) is 0. The van der Waals surface area contributed by atoms with Gasteiger partial charge in [0.2, 0.25) is 0 Å². The third kappa shape index (κ3) is 1.98. The van der Waals surface area contributed by atoms with Gasteiger partial charge in [0, 0.05) is 12.6 Å². The smallest absolute Gasteiger partial charge is 0.0319 e. The molecule has 1 unspecified atom stereocenters. The van der Waals surface area contributed by atoms with E-state index in [1.54, 1.807) is 0 Å². The molecule has 1 saturated heterocycles. The maximum atomic E-state index is 2.58. The first kappa shape index (κ1) is 9.72. The number of benzene rings is 1. The molecule has 1 fully saturated rings. The Labute approximate surface area is 86.7 Å². The normalized spacial score (nSPS) is 25.1. The second-order valence-corrected chi connectivity index (χ2v) is 4.48. The predicted octanol–water partition coefficient (Wildman–Crippen LogP) is 3.09. The van der Waals surface area contributed by atoms with Crippen LogP contribution < -0.4 is 0 Å². The maximum Gasteiger partial charge on any atom is 0.0319 e. The third-order valence-corrected chi connectivity index (χ3v) is 3.28. The minimum Gasteiger partial charge on any atom is -0.296 e. The van der Waals surface area contributed by atoms with Gasteiger partial charge in [0.1, 0.15) is 0 Å². The molecule has 1 aliphatic heterocycles. The molecule has 0 N–H and O–H groups in total. The summed E-state index contributed by atoms with van der Waals surface area (Å²) in [5, 5.41) is 0. The SMILES string of the molecule is CC1CCN([C@H](C)c2ccccc2)C1. The highest BCUT2D eigenvalue weighted by Gasteiger charge is 2.23. The highest BCUT2D eigenvalue weighted by molar-refractivity contribution is 5.18. The van der Waals surface area contributed by atoms with E-state index >= 15 is 0 Å². The Balaban J connectivity index is 2.05. The van der Waals surface area contributed by atoms with Crippen LogP contribution in [0.1, 0.15) is 31.9 Å². The third-order valence-electron chi connectivity index (χ3n) is 3.28. The molecule has 1 aromatic rings. The lowest BCUT2D eigenvalue weighted by atomic mass is 10.1. The van der Waals surface area contributed by atoms with E-state index in [-0.39, 0.29) is 0 Å². The summed E-state index contributed by atoms with van der Waals surface area (Å²) in [5.41, 5.74) is 1.45. The van der Waals surface area contributed by atoms with Crippen LogP contribution in [0.4, 0.5) is 0 Å². The summed E-state index contributed by atoms with van der Waals surface area (Å²) in [6, 6.07) is 11.4. The van der Waals surface area contributed by atoms with Crippen LogP contribution in [-0.4, -0.2) is 18.0 Å². The topological polar surface area (TPSA) is 3.24 Å². The molecule has 2 atom stereocenters. The van der Waals surface area contributed by atoms with E-state index in [1.807, 2.05) is 0 Å². The Morgan fingerprint density at radius 3 is 2.57 bits per heavy atom. The molecule has 0 aromatic heterocycles. The van der Waals surface area contributed by atoms with Crippen LogP contribution in [0.25, 0.3) is 0 Å². The number of likely N-dealkylation sites (tertiary alicyclic amines) is 1. The fraction of sp³-hybridized carbons (Fsp3) is 0.538. The van der Waals surface area contributed by atoms with E-state index in [9.17, 15) is 0 Å². The number of rotatable bonds is 2. The molecular weight excluding hydrogens is 170 g/mol. The molecule has 0 bridgehead atoms. The molecule has 0 amide bonds. The van der Waals surface area contributed by atoms with E-state index in [4.69, 9.17) is 0 Å². The lowest BCUT2D eigenvalue weighted by Crippen LogP contribution is -2.24. The maximum absolute atomic E-state index is 2.58. The molecule has 0 aliphatic carbocycles. The first-order valence-corrected chi connectivity index (χ1v) is 5.56. The summed E-state index contributed by atoms with van der Waals surface area (Å²) in [4.78, 5) is 2.58. The van der Waals surface area contributed by atoms with E-state index in [2.05, 4.69) is 49.1 Å². The van der Waals surface area contributed by atoms with Gasteiger partial charge in [-0.2, -0.15) is 0 Å². The van der Waals surface area contributed by atoms with Crippen molar-refractivity contribution in [3.05, 3.63) is 35.9 Å². The Hall–Kier alpha value is -0.820. The van der Waals surface area contributed by atoms with Gasteiger partial charge in [-0.05, 0) is 31.4 Å². The molecule has 1 aromatic carbocycles. The van der Waals surface area contributed by atoms with E-state index in [0.29, 0.717) is 6.04 Å². The van der Waals surface area contributed by atoms with Crippen LogP contribution in [-0.2, 0) is 0 Å². The standard InChI is InChI=1S/C13H19N/c1-11-8-9-14(10-11)12(2)13-6-4-3-5-7-13/h3-7,11-12H,8-10H2,1-2H3/t11?,12-/m1/s1. The number of hydrogen-bond acceptors (Lipinski definition) is 1. The van der Waals surface area contributed by atoms with E-state index < -0.39 is 0 Å². The van der Waals surface area contributed by atoms with Gasteiger partial charge in [-0.3, -0.25) is 4.90 Å². The predicted molar refractivity (Wildman–Crippen MR) is 60.2 cm³/mol. The first-order chi connectivity index (χ1) is 6.77. The molecule has 1 heteroatoms. The summed E-state index contributed by atoms with van der Waals surface area (Å²) >= 11 is 0. The van der Waals surface area contributed by atoms with Crippen LogP contribution in [0.15, 0.2) is 30.3 Å². The van der Waals surface area contributed by atoms with E-state index in [1.165, 1.54) is 25.1 Å². The van der Waals surface area contributed by atoms with Crippen molar-refractivity contribution in [1.82, 2.24) is 4.90 Å². The largest absolute Gasteiger partial charge is 0.296 e. The van der Waals surface area contributed by atoms with Crippen molar-refractivity contribution in [2.45, 2.75) is 26.3 Å². The van der Waals surface area contributed by atoms with Crippen molar-refractivity contribution in [1.29, 1.82) is 0 Å². The van der Waals surface area contributed by atoms with Crippen LogP contribution in [0.3, 0.4) is 0 Å². The average Bonchev–Trinajstić information content (AvgIpc) is 2.65. The fourth-order valence-corrected chi connectivity index (χ4v) is 2.26. The molecule has 76 valence electrons. The number of nitrogens with zero attached hydrogens (tertiary/aromatic N) is 1. The Morgan fingerprint density at radius 2 is 2.00 bits per heavy atom. The van der Waals surface area contributed by atoms with Gasteiger partial charge in [0.15, 0.2) is 0 Å². The average molecular weight is 189 g/mol. The minimum atomic E-state index is 0.584. The van der Waals surface area contributed by atoms with Gasteiger partial charge >= 0.3 is 0 Å². The summed E-state index contributed by atoms with van der Waals surface area (Å²) in [7, 11) is 0. The molecule has 14 heavy (non-hydrogen) atoms. The van der Waals surface area contributed by atoms with Crippen LogP contribution in [0, 0.1) is 5.92 Å². The van der Waals surface area contributed by atoms with Gasteiger partial charge < -0.3 is 0 Å². The van der Waals surface area contributed by atoms with Gasteiger partial charge in [0.05, 0.1) is 0 Å². The molecule has 0 spiro atoms. The first-order valence-electron chi connectivity index (χ1n) is 5.56. The molecule has 0 radical (unpaired) electrons. The summed E-state index contributed by atoms with van der Waals surface area (Å²) in [6.07, 6.45) is 1.36. The zero-order valence-electron chi connectivity index (χ0n) is 9.11. The van der Waals surface area contributed by atoms with Crippen molar-refractivity contribution >= 4 is 0 Å². The van der Waals surface area contributed by atoms with Crippen molar-refractivity contribution in [3.8, 4) is 0 Å². The monoisotopic (exact) mass is 189 g/mol. The summed E-state index contributed by atoms with van der Waals surface area (Å²) in [5.74, 6) is 0.876. The fourth-order valence-electron chi connectivity index (χ4n) is 2.26. The van der Waals surface area contributed by atoms with Crippen molar-refractivity contribution in [2.24, 2.45) is 5.92 Å². The molecule has 2 rings (SSSR count). The second-order valence-electron chi connectivity index (χ2n) is 4.48. The highest BCUT2D eigenvalue weighted by atomic mass is 15.2. The molecule has 1 heterocycles. The van der Waals surface area contributed by atoms with Crippen molar-refractivity contribution in [3.63, 3.8) is 0 Å². The van der Waals surface area contributed by atoms with E-state index in [0.717, 1.165) is 5.92 Å². The van der Waals surface area contributed by atoms with Crippen LogP contribution in [0.2, 0.25) is 0 Å². The Morgan fingerprint density at radius 1 is 1.29 bits per heavy atom. The lowest BCUT2D eigenvalue weighted by Gasteiger charge is -2.24. The Kier molecular flexibility index (Phi) is 2.87. The minimum absolute atomic E-state index is 0.584. The highest BCUT2D eigenvalue weighted by Crippen LogP contribution is 2.26. The quantitative estimate of drug-likeness (QED) is 0.691. The second kappa shape index (κ2) is 4.14. The Bertz CT molecular complexity index is 281. The summed E-state index contributed by atoms with van der Waals surface area (Å²) in [6.45, 7) is 7.18. The molecular formula is C13H19N. The van der Waals surface area contributed by atoms with Crippen LogP contribution in [0.5, 0.6) is 0 Å². The van der Waals surface area contributed by atoms with Crippen molar-refractivity contribution < 1.29 is 0 Å². The van der Waals surface area contributed by atoms with Gasteiger partial charge in [-0.25, -0.2) is 0 Å². The summed E-state index contributed by atoms with van der Waals surface area (Å²) < 4.78 is 0. The molecule has 1 aliphatic rings. The lowest BCUT2D eigenvalue weighted by molar-refractivity contribution is 0.255. The molecule has 1 nitrogen and oxygen atoms in total.